The molecule has 0 saturated carbocycles. The van der Waals surface area contributed by atoms with Crippen LogP contribution in [0.25, 0.3) is 0 Å². The highest BCUT2D eigenvalue weighted by Gasteiger charge is 2.16. The lowest BCUT2D eigenvalue weighted by Gasteiger charge is -2.26. The first kappa shape index (κ1) is 24.9. The zero-order valence-corrected chi connectivity index (χ0v) is 21.8. The zero-order valence-electron chi connectivity index (χ0n) is 19.6. The predicted octanol–water partition coefficient (Wildman–Crippen LogP) is 5.20. The number of anilines is 4. The van der Waals surface area contributed by atoms with E-state index < -0.39 is 0 Å². The number of hydrogen-bond donors (Lipinski definition) is 2. The third kappa shape index (κ3) is 6.68. The maximum Gasteiger partial charge on any atom is 0.250 e. The van der Waals surface area contributed by atoms with Gasteiger partial charge in [0, 0.05) is 18.8 Å². The lowest BCUT2D eigenvalue weighted by Crippen LogP contribution is -2.31. The van der Waals surface area contributed by atoms with E-state index in [0.717, 1.165) is 35.1 Å². The van der Waals surface area contributed by atoms with Gasteiger partial charge in [-0.25, -0.2) is 9.82 Å². The number of hydrogen-bond acceptors (Lipinski definition) is 9. The molecule has 4 rings (SSSR count). The fourth-order valence-corrected chi connectivity index (χ4v) is 4.41. The third-order valence-corrected chi connectivity index (χ3v) is 6.08. The predicted molar refractivity (Wildman–Crippen MR) is 144 cm³/mol. The van der Waals surface area contributed by atoms with Crippen molar-refractivity contribution in [2.24, 2.45) is 5.10 Å². The number of ether oxygens (including phenoxy) is 2. The summed E-state index contributed by atoms with van der Waals surface area (Å²) in [6, 6.07) is 9.83. The highest BCUT2D eigenvalue weighted by Crippen LogP contribution is 2.33. The van der Waals surface area contributed by atoms with Crippen molar-refractivity contribution in [1.29, 1.82) is 0 Å². The second-order valence-electron chi connectivity index (χ2n) is 7.80. The van der Waals surface area contributed by atoms with Crippen LogP contribution < -0.4 is 25.1 Å². The molecule has 0 unspecified atom stereocenters. The summed E-state index contributed by atoms with van der Waals surface area (Å²) >= 11 is 2.21. The molecule has 0 aliphatic carbocycles. The van der Waals surface area contributed by atoms with Crippen molar-refractivity contribution in [2.75, 3.05) is 42.4 Å². The van der Waals surface area contributed by atoms with Gasteiger partial charge in [0.2, 0.25) is 17.8 Å². The Morgan fingerprint density at radius 1 is 1.09 bits per heavy atom. The summed E-state index contributed by atoms with van der Waals surface area (Å²) in [5, 5.41) is 7.45. The van der Waals surface area contributed by atoms with E-state index in [1.807, 2.05) is 19.1 Å². The topological polar surface area (TPSA) is 96.8 Å². The number of piperidine rings is 1. The van der Waals surface area contributed by atoms with E-state index in [-0.39, 0.29) is 5.82 Å². The van der Waals surface area contributed by atoms with E-state index in [9.17, 15) is 4.39 Å². The van der Waals surface area contributed by atoms with Crippen LogP contribution in [0.5, 0.6) is 11.5 Å². The maximum absolute atomic E-state index is 13.3. The van der Waals surface area contributed by atoms with E-state index in [1.165, 1.54) is 18.6 Å². The van der Waals surface area contributed by atoms with Gasteiger partial charge in [-0.05, 0) is 90.7 Å². The van der Waals surface area contributed by atoms with Gasteiger partial charge in [-0.15, -0.1) is 0 Å². The lowest BCUT2D eigenvalue weighted by molar-refractivity contribution is 0.308. The average molecular weight is 591 g/mol. The number of halogens is 2. The molecule has 35 heavy (non-hydrogen) atoms. The molecule has 2 aromatic carbocycles. The number of methoxy groups -OCH3 is 1. The summed E-state index contributed by atoms with van der Waals surface area (Å²) in [5.41, 5.74) is 4.42. The molecule has 9 nitrogen and oxygen atoms in total. The van der Waals surface area contributed by atoms with Crippen LogP contribution in [-0.4, -0.2) is 48.0 Å². The Kier molecular flexibility index (Phi) is 8.50. The second kappa shape index (κ2) is 12.0. The molecule has 3 aromatic rings. The Labute approximate surface area is 217 Å². The normalized spacial score (nSPS) is 13.7. The molecule has 1 fully saturated rings. The van der Waals surface area contributed by atoms with E-state index in [0.29, 0.717) is 41.6 Å². The van der Waals surface area contributed by atoms with Crippen molar-refractivity contribution in [2.45, 2.75) is 26.2 Å². The largest absolute Gasteiger partial charge is 0.493 e. The molecule has 1 aliphatic heterocycles. The summed E-state index contributed by atoms with van der Waals surface area (Å²) in [7, 11) is 1.61. The Balaban J connectivity index is 1.56. The maximum atomic E-state index is 13.3. The van der Waals surface area contributed by atoms with E-state index in [2.05, 4.69) is 58.3 Å². The van der Waals surface area contributed by atoms with Gasteiger partial charge in [-0.2, -0.15) is 20.1 Å². The molecule has 0 atom stereocenters. The highest BCUT2D eigenvalue weighted by atomic mass is 127. The summed E-state index contributed by atoms with van der Waals surface area (Å²) in [6.07, 6.45) is 5.04. The van der Waals surface area contributed by atoms with Crippen molar-refractivity contribution < 1.29 is 13.9 Å². The molecular formula is C24H27FIN7O2. The first-order valence-electron chi connectivity index (χ1n) is 11.4. The van der Waals surface area contributed by atoms with Crippen LogP contribution in [0.4, 0.5) is 27.9 Å². The standard InChI is InChI=1S/C24H27FIN7O2/c1-3-35-21-19(26)13-16(14-20(21)34-2)15-27-32-23-29-22(28-18-9-7-17(25)8-10-18)30-24(31-23)33-11-5-4-6-12-33/h7-10,13-15H,3-6,11-12H2,1-2H3,(H2,28,29,30,31,32). The number of rotatable bonds is 9. The number of benzene rings is 2. The number of nitrogens with one attached hydrogen (secondary N) is 2. The first-order chi connectivity index (χ1) is 17.1. The van der Waals surface area contributed by atoms with Crippen LogP contribution in [-0.2, 0) is 0 Å². The minimum Gasteiger partial charge on any atom is -0.493 e. The quantitative estimate of drug-likeness (QED) is 0.199. The Hall–Kier alpha value is -3.22. The number of aromatic nitrogens is 3. The van der Waals surface area contributed by atoms with Crippen molar-refractivity contribution in [3.05, 3.63) is 51.3 Å². The monoisotopic (exact) mass is 591 g/mol. The van der Waals surface area contributed by atoms with E-state index >= 15 is 0 Å². The van der Waals surface area contributed by atoms with Crippen LogP contribution >= 0.6 is 22.6 Å². The third-order valence-electron chi connectivity index (χ3n) is 5.28. The highest BCUT2D eigenvalue weighted by molar-refractivity contribution is 14.1. The van der Waals surface area contributed by atoms with Gasteiger partial charge in [-0.3, -0.25) is 0 Å². The van der Waals surface area contributed by atoms with Crippen molar-refractivity contribution >= 4 is 52.3 Å². The smallest absolute Gasteiger partial charge is 0.250 e. The molecule has 0 amide bonds. The Morgan fingerprint density at radius 3 is 2.54 bits per heavy atom. The van der Waals surface area contributed by atoms with E-state index in [4.69, 9.17) is 9.47 Å². The number of hydrazone groups is 1. The van der Waals surface area contributed by atoms with Crippen LogP contribution in [0.3, 0.4) is 0 Å². The average Bonchev–Trinajstić information content (AvgIpc) is 2.87. The molecule has 2 N–H and O–H groups in total. The van der Waals surface area contributed by atoms with Gasteiger partial charge >= 0.3 is 0 Å². The van der Waals surface area contributed by atoms with Crippen molar-refractivity contribution in [3.8, 4) is 11.5 Å². The molecule has 1 saturated heterocycles. The van der Waals surface area contributed by atoms with Crippen molar-refractivity contribution in [3.63, 3.8) is 0 Å². The summed E-state index contributed by atoms with van der Waals surface area (Å²) in [5.74, 6) is 2.26. The molecule has 0 radical (unpaired) electrons. The van der Waals surface area contributed by atoms with E-state index in [1.54, 1.807) is 25.5 Å². The number of nitrogens with zero attached hydrogens (tertiary/aromatic N) is 5. The Bertz CT molecular complexity index is 1170. The molecule has 184 valence electrons. The van der Waals surface area contributed by atoms with Crippen LogP contribution in [0.2, 0.25) is 0 Å². The second-order valence-corrected chi connectivity index (χ2v) is 8.96. The Morgan fingerprint density at radius 2 is 1.83 bits per heavy atom. The molecule has 2 heterocycles. The van der Waals surface area contributed by atoms with Gasteiger partial charge in [0.1, 0.15) is 5.82 Å². The summed E-state index contributed by atoms with van der Waals surface area (Å²) in [4.78, 5) is 15.7. The SMILES string of the molecule is CCOc1c(I)cc(C=NNc2nc(Nc3ccc(F)cc3)nc(N3CCCCC3)n2)cc1OC. The molecule has 1 aromatic heterocycles. The van der Waals surface area contributed by atoms with Crippen LogP contribution in [0.1, 0.15) is 31.7 Å². The minimum absolute atomic E-state index is 0.300. The molecular weight excluding hydrogens is 564 g/mol. The van der Waals surface area contributed by atoms with Crippen LogP contribution in [0, 0.1) is 9.39 Å². The fourth-order valence-electron chi connectivity index (χ4n) is 3.63. The minimum atomic E-state index is -0.308. The molecule has 0 bridgehead atoms. The van der Waals surface area contributed by atoms with Crippen molar-refractivity contribution in [1.82, 2.24) is 15.0 Å². The summed E-state index contributed by atoms with van der Waals surface area (Å²) in [6.45, 7) is 4.25. The fraction of sp³-hybridized carbons (Fsp3) is 0.333. The molecule has 11 heteroatoms. The van der Waals surface area contributed by atoms with Gasteiger partial charge in [0.15, 0.2) is 11.5 Å². The van der Waals surface area contributed by atoms with Gasteiger partial charge < -0.3 is 19.7 Å². The van der Waals surface area contributed by atoms with Gasteiger partial charge in [0.25, 0.3) is 0 Å². The van der Waals surface area contributed by atoms with Crippen LogP contribution in [0.15, 0.2) is 41.5 Å². The summed E-state index contributed by atoms with van der Waals surface area (Å²) < 4.78 is 25.4. The molecule has 1 aliphatic rings. The van der Waals surface area contributed by atoms with Gasteiger partial charge in [0.05, 0.1) is 23.5 Å². The van der Waals surface area contributed by atoms with Gasteiger partial charge in [-0.1, -0.05) is 0 Å². The lowest BCUT2D eigenvalue weighted by atomic mass is 10.1. The zero-order chi connectivity index (χ0) is 24.6. The first-order valence-corrected chi connectivity index (χ1v) is 12.5. The molecule has 0 spiro atoms.